The molecule has 1 rings (SSSR count). The second kappa shape index (κ2) is 7.96. The van der Waals surface area contributed by atoms with E-state index in [0.717, 1.165) is 19.3 Å². The molecule has 1 heterocycles. The molecule has 0 unspecified atom stereocenters. The Kier molecular flexibility index (Phi) is 7.23. The minimum Gasteiger partial charge on any atom is -0.296 e. The van der Waals surface area contributed by atoms with Crippen molar-refractivity contribution in [2.45, 2.75) is 45.4 Å². The van der Waals surface area contributed by atoms with Gasteiger partial charge >= 0.3 is 5.97 Å². The quantitative estimate of drug-likeness (QED) is 0.558. The molecule has 0 atom stereocenters. The normalized spacial score (nSPS) is 14.2. The van der Waals surface area contributed by atoms with E-state index >= 15 is 0 Å². The van der Waals surface area contributed by atoms with Crippen molar-refractivity contribution in [1.29, 1.82) is 0 Å². The van der Waals surface area contributed by atoms with Gasteiger partial charge in [0.15, 0.2) is 0 Å². The van der Waals surface area contributed by atoms with Crippen molar-refractivity contribution in [3.8, 4) is 0 Å². The zero-order valence-corrected chi connectivity index (χ0v) is 8.88. The van der Waals surface area contributed by atoms with E-state index in [0.29, 0.717) is 12.8 Å². The van der Waals surface area contributed by atoms with Gasteiger partial charge in [0.05, 0.1) is 6.42 Å². The number of hydrogen-bond donors (Lipinski definition) is 1. The molecule has 1 saturated heterocycles. The Morgan fingerprint density at radius 3 is 2.00 bits per heavy atom. The van der Waals surface area contributed by atoms with Crippen molar-refractivity contribution in [3.63, 3.8) is 0 Å². The Labute approximate surface area is 88.9 Å². The molecule has 0 bridgehead atoms. The van der Waals surface area contributed by atoms with Crippen LogP contribution in [0.25, 0.3) is 0 Å². The first-order valence-corrected chi connectivity index (χ1v) is 5.08. The van der Waals surface area contributed by atoms with Crippen LogP contribution >= 0.6 is 0 Å². The molecule has 85 valence electrons. The largest absolute Gasteiger partial charge is 0.355 e. The first-order chi connectivity index (χ1) is 7.06. The molecule has 0 aromatic carbocycles. The number of carbonyl (C=O) groups excluding carboxylic acids is 3. The maximum atomic E-state index is 10.1. The maximum Gasteiger partial charge on any atom is 0.355 e. The third-order valence-electron chi connectivity index (χ3n) is 1.84. The summed E-state index contributed by atoms with van der Waals surface area (Å²) in [5, 5.41) is 11.9. The summed E-state index contributed by atoms with van der Waals surface area (Å²) in [6.07, 6.45) is 3.78. The number of unbranched alkanes of at least 4 members (excludes halogenated alkanes) is 2. The van der Waals surface area contributed by atoms with Gasteiger partial charge < -0.3 is 0 Å². The SMILES string of the molecule is CCCCCC([O])=O.O=C1CCC(=O)N1. The lowest BCUT2D eigenvalue weighted by Crippen LogP contribution is -2.18. The van der Waals surface area contributed by atoms with E-state index in [1.165, 1.54) is 0 Å². The number of amides is 2. The standard InChI is InChI=1S/C6H11O2.C4H5NO2/c1-2-3-4-5-6(7)8;6-3-1-2-4(7)5-3/h2-5H2,1H3;1-2H2,(H,5,6,7). The third-order valence-corrected chi connectivity index (χ3v) is 1.84. The van der Waals surface area contributed by atoms with Gasteiger partial charge in [0, 0.05) is 12.8 Å². The van der Waals surface area contributed by atoms with E-state index in [9.17, 15) is 19.5 Å². The molecular formula is C10H16NO4. The highest BCUT2D eigenvalue weighted by molar-refractivity contribution is 6.01. The Bertz CT molecular complexity index is 224. The third kappa shape index (κ3) is 8.93. The number of carbonyl (C=O) groups is 3. The molecule has 15 heavy (non-hydrogen) atoms. The predicted octanol–water partition coefficient (Wildman–Crippen LogP) is 0.947. The van der Waals surface area contributed by atoms with Gasteiger partial charge in [-0.15, -0.1) is 0 Å². The molecule has 5 heteroatoms. The Morgan fingerprint density at radius 1 is 1.20 bits per heavy atom. The summed E-state index contributed by atoms with van der Waals surface area (Å²) in [4.78, 5) is 30.0. The van der Waals surface area contributed by atoms with Crippen LogP contribution < -0.4 is 5.32 Å². The summed E-state index contributed by atoms with van der Waals surface area (Å²) in [6, 6.07) is 0. The van der Waals surface area contributed by atoms with Gasteiger partial charge in [0.1, 0.15) is 0 Å². The van der Waals surface area contributed by atoms with Crippen molar-refractivity contribution in [2.75, 3.05) is 0 Å². The van der Waals surface area contributed by atoms with Gasteiger partial charge in [0.25, 0.3) is 0 Å². The lowest BCUT2D eigenvalue weighted by Gasteiger charge is -1.87. The molecule has 0 saturated carbocycles. The van der Waals surface area contributed by atoms with Crippen molar-refractivity contribution < 1.29 is 19.5 Å². The monoisotopic (exact) mass is 214 g/mol. The number of nitrogens with one attached hydrogen (secondary N) is 1. The van der Waals surface area contributed by atoms with Crippen molar-refractivity contribution in [2.24, 2.45) is 0 Å². The van der Waals surface area contributed by atoms with E-state index < -0.39 is 5.97 Å². The molecule has 1 aliphatic heterocycles. The number of rotatable bonds is 4. The summed E-state index contributed by atoms with van der Waals surface area (Å²) in [6.45, 7) is 2.04. The summed E-state index contributed by atoms with van der Waals surface area (Å²) in [5.41, 5.74) is 0. The molecule has 0 aliphatic carbocycles. The van der Waals surface area contributed by atoms with Crippen LogP contribution in [0.3, 0.4) is 0 Å². The smallest absolute Gasteiger partial charge is 0.296 e. The highest BCUT2D eigenvalue weighted by Gasteiger charge is 2.15. The summed E-state index contributed by atoms with van der Waals surface area (Å²) >= 11 is 0. The molecule has 1 N–H and O–H groups in total. The van der Waals surface area contributed by atoms with Gasteiger partial charge in [-0.2, -0.15) is 0 Å². The molecule has 1 aliphatic rings. The minimum absolute atomic E-state index is 0.148. The fourth-order valence-electron chi connectivity index (χ4n) is 1.03. The molecular weight excluding hydrogens is 198 g/mol. The van der Waals surface area contributed by atoms with Crippen LogP contribution in [0.4, 0.5) is 0 Å². The van der Waals surface area contributed by atoms with Crippen LogP contribution in [0.15, 0.2) is 0 Å². The topological polar surface area (TPSA) is 83.1 Å². The lowest BCUT2D eigenvalue weighted by molar-refractivity contribution is -0.143. The van der Waals surface area contributed by atoms with Gasteiger partial charge in [0.2, 0.25) is 11.8 Å². The second-order valence-electron chi connectivity index (χ2n) is 3.30. The fraction of sp³-hybridized carbons (Fsp3) is 0.700. The maximum absolute atomic E-state index is 10.1. The predicted molar refractivity (Wildman–Crippen MR) is 52.2 cm³/mol. The lowest BCUT2D eigenvalue weighted by atomic mass is 10.2. The minimum atomic E-state index is -0.932. The molecule has 5 nitrogen and oxygen atoms in total. The van der Waals surface area contributed by atoms with Gasteiger partial charge in [-0.1, -0.05) is 19.8 Å². The zero-order valence-electron chi connectivity index (χ0n) is 8.88. The van der Waals surface area contributed by atoms with Gasteiger partial charge in [-0.25, -0.2) is 9.90 Å². The molecule has 0 spiro atoms. The van der Waals surface area contributed by atoms with Crippen LogP contribution in [0.2, 0.25) is 0 Å². The highest BCUT2D eigenvalue weighted by atomic mass is 16.4. The molecule has 1 radical (unpaired) electrons. The van der Waals surface area contributed by atoms with E-state index in [-0.39, 0.29) is 18.2 Å². The Morgan fingerprint density at radius 2 is 1.73 bits per heavy atom. The van der Waals surface area contributed by atoms with Crippen LogP contribution in [0, 0.1) is 0 Å². The molecule has 2 amide bonds. The fourth-order valence-corrected chi connectivity index (χ4v) is 1.03. The van der Waals surface area contributed by atoms with E-state index in [2.05, 4.69) is 5.32 Å². The molecule has 0 aromatic rings. The zero-order chi connectivity index (χ0) is 11.7. The Hall–Kier alpha value is -1.39. The average Bonchev–Trinajstić information content (AvgIpc) is 2.51. The second-order valence-corrected chi connectivity index (χ2v) is 3.30. The summed E-state index contributed by atoms with van der Waals surface area (Å²) in [5.74, 6) is -1.23. The Balaban J connectivity index is 0.000000262. The van der Waals surface area contributed by atoms with Gasteiger partial charge in [-0.05, 0) is 6.42 Å². The van der Waals surface area contributed by atoms with E-state index in [1.54, 1.807) is 0 Å². The first-order valence-electron chi connectivity index (χ1n) is 5.08. The molecule has 1 fully saturated rings. The number of imide groups is 1. The van der Waals surface area contributed by atoms with Crippen LogP contribution in [0.1, 0.15) is 45.4 Å². The van der Waals surface area contributed by atoms with Crippen LogP contribution in [0.5, 0.6) is 0 Å². The van der Waals surface area contributed by atoms with Crippen molar-refractivity contribution >= 4 is 17.8 Å². The first kappa shape index (κ1) is 13.6. The van der Waals surface area contributed by atoms with Crippen LogP contribution in [-0.4, -0.2) is 17.8 Å². The number of hydrogen-bond acceptors (Lipinski definition) is 3. The van der Waals surface area contributed by atoms with Crippen molar-refractivity contribution in [1.82, 2.24) is 5.32 Å². The van der Waals surface area contributed by atoms with E-state index in [4.69, 9.17) is 0 Å². The van der Waals surface area contributed by atoms with Crippen LogP contribution in [-0.2, 0) is 19.5 Å². The van der Waals surface area contributed by atoms with Crippen molar-refractivity contribution in [3.05, 3.63) is 0 Å². The summed E-state index contributed by atoms with van der Waals surface area (Å²) < 4.78 is 0. The van der Waals surface area contributed by atoms with Gasteiger partial charge in [-0.3, -0.25) is 14.9 Å². The average molecular weight is 214 g/mol. The van der Waals surface area contributed by atoms with E-state index in [1.807, 2.05) is 6.92 Å². The molecule has 0 aromatic heterocycles. The summed E-state index contributed by atoms with van der Waals surface area (Å²) in [7, 11) is 0. The highest BCUT2D eigenvalue weighted by Crippen LogP contribution is 1.97.